The molecule has 4 nitrogen and oxygen atoms in total. The molecule has 10 heteroatoms. The molecule has 1 fully saturated rings. The zero-order valence-electron chi connectivity index (χ0n) is 15.4. The zero-order chi connectivity index (χ0) is 21.4. The van der Waals surface area contributed by atoms with E-state index in [9.17, 15) is 31.1 Å². The molecule has 29 heavy (non-hydrogen) atoms. The van der Waals surface area contributed by atoms with Gasteiger partial charge in [-0.15, -0.1) is 0 Å². The summed E-state index contributed by atoms with van der Waals surface area (Å²) in [7, 11) is 0. The van der Waals surface area contributed by atoms with Crippen LogP contribution < -0.4 is 5.32 Å². The van der Waals surface area contributed by atoms with Crippen molar-refractivity contribution in [3.8, 4) is 5.69 Å². The lowest BCUT2D eigenvalue weighted by atomic mass is 9.82. The first-order valence-electron chi connectivity index (χ1n) is 9.11. The summed E-state index contributed by atoms with van der Waals surface area (Å²) >= 11 is 0. The smallest absolute Gasteiger partial charge is 0.326 e. The van der Waals surface area contributed by atoms with Gasteiger partial charge in [0.1, 0.15) is 5.69 Å². The molecule has 1 amide bonds. The number of amides is 1. The van der Waals surface area contributed by atoms with E-state index in [4.69, 9.17) is 0 Å². The quantitative estimate of drug-likeness (QED) is 0.652. The maximum atomic E-state index is 13.1. The van der Waals surface area contributed by atoms with E-state index in [2.05, 4.69) is 17.3 Å². The van der Waals surface area contributed by atoms with Crippen LogP contribution in [0.5, 0.6) is 0 Å². The van der Waals surface area contributed by atoms with Gasteiger partial charge in [-0.2, -0.15) is 31.4 Å². The minimum absolute atomic E-state index is 0.0280. The van der Waals surface area contributed by atoms with Gasteiger partial charge in [-0.25, -0.2) is 4.68 Å². The summed E-state index contributed by atoms with van der Waals surface area (Å²) in [4.78, 5) is 12.3. The molecular weight excluding hydrogens is 400 g/mol. The maximum absolute atomic E-state index is 13.1. The van der Waals surface area contributed by atoms with Gasteiger partial charge in [0.15, 0.2) is 5.69 Å². The molecule has 0 bridgehead atoms. The number of benzene rings is 1. The first-order chi connectivity index (χ1) is 13.4. The lowest BCUT2D eigenvalue weighted by Crippen LogP contribution is -2.26. The molecule has 158 valence electrons. The van der Waals surface area contributed by atoms with Gasteiger partial charge in [0.25, 0.3) is 0 Å². The molecule has 0 unspecified atom stereocenters. The second kappa shape index (κ2) is 7.72. The predicted octanol–water partition coefficient (Wildman–Crippen LogP) is 5.67. The molecule has 0 spiro atoms. The number of halogens is 6. The van der Waals surface area contributed by atoms with E-state index in [1.807, 2.05) is 0 Å². The fourth-order valence-corrected chi connectivity index (χ4v) is 3.37. The number of aromatic nitrogens is 2. The standard InChI is InChI=1S/C19H19F6N3O/c1-11-2-4-12(5-3-11)17(29)26-13-6-8-14(9-7-13)28-16(19(23,24)25)10-15(27-28)18(20,21)22/h6-12H,2-5H2,1H3,(H,26,29). The van der Waals surface area contributed by atoms with Crippen LogP contribution in [0, 0.1) is 11.8 Å². The van der Waals surface area contributed by atoms with E-state index in [-0.39, 0.29) is 28.3 Å². The van der Waals surface area contributed by atoms with Crippen molar-refractivity contribution < 1.29 is 31.1 Å². The molecule has 1 aromatic carbocycles. The van der Waals surface area contributed by atoms with Gasteiger partial charge in [-0.1, -0.05) is 6.92 Å². The molecular formula is C19H19F6N3O. The van der Waals surface area contributed by atoms with Crippen LogP contribution in [0.4, 0.5) is 32.0 Å². The highest BCUT2D eigenvalue weighted by atomic mass is 19.4. The highest BCUT2D eigenvalue weighted by Crippen LogP contribution is 2.36. The third-order valence-electron chi connectivity index (χ3n) is 5.06. The minimum Gasteiger partial charge on any atom is -0.326 e. The van der Waals surface area contributed by atoms with Crippen LogP contribution in [-0.2, 0) is 17.1 Å². The Labute approximate surface area is 162 Å². The monoisotopic (exact) mass is 419 g/mol. The number of hydrogen-bond donors (Lipinski definition) is 1. The molecule has 3 rings (SSSR count). The van der Waals surface area contributed by atoms with Gasteiger partial charge in [-0.3, -0.25) is 4.79 Å². The van der Waals surface area contributed by atoms with Gasteiger partial charge >= 0.3 is 12.4 Å². The number of carbonyl (C=O) groups is 1. The molecule has 1 aliphatic rings. The number of anilines is 1. The molecule has 2 aromatic rings. The Balaban J connectivity index is 1.80. The Morgan fingerprint density at radius 1 is 1.00 bits per heavy atom. The van der Waals surface area contributed by atoms with Crippen LogP contribution in [-0.4, -0.2) is 15.7 Å². The minimum atomic E-state index is -5.01. The topological polar surface area (TPSA) is 46.9 Å². The Morgan fingerprint density at radius 2 is 1.59 bits per heavy atom. The second-order valence-corrected chi connectivity index (χ2v) is 7.32. The molecule has 0 radical (unpaired) electrons. The van der Waals surface area contributed by atoms with E-state index < -0.39 is 23.7 Å². The van der Waals surface area contributed by atoms with Gasteiger partial charge in [-0.05, 0) is 55.9 Å². The number of carbonyl (C=O) groups excluding carboxylic acids is 1. The largest absolute Gasteiger partial charge is 0.435 e. The van der Waals surface area contributed by atoms with Crippen molar-refractivity contribution in [3.63, 3.8) is 0 Å². The van der Waals surface area contributed by atoms with Crippen molar-refractivity contribution in [2.24, 2.45) is 11.8 Å². The van der Waals surface area contributed by atoms with Gasteiger partial charge in [0, 0.05) is 17.7 Å². The first kappa shape index (κ1) is 21.2. The van der Waals surface area contributed by atoms with E-state index in [0.717, 1.165) is 25.7 Å². The molecule has 1 N–H and O–H groups in total. The van der Waals surface area contributed by atoms with E-state index in [1.54, 1.807) is 0 Å². The second-order valence-electron chi connectivity index (χ2n) is 7.32. The van der Waals surface area contributed by atoms with Crippen LogP contribution >= 0.6 is 0 Å². The highest BCUT2D eigenvalue weighted by molar-refractivity contribution is 5.92. The Kier molecular flexibility index (Phi) is 5.64. The van der Waals surface area contributed by atoms with Crippen molar-refractivity contribution in [1.29, 1.82) is 0 Å². The van der Waals surface area contributed by atoms with Crippen LogP contribution in [0.3, 0.4) is 0 Å². The average molecular weight is 419 g/mol. The predicted molar refractivity (Wildman–Crippen MR) is 93.3 cm³/mol. The van der Waals surface area contributed by atoms with Gasteiger partial charge in [0.05, 0.1) is 5.69 Å². The number of rotatable bonds is 3. The summed E-state index contributed by atoms with van der Waals surface area (Å²) in [5.74, 6) is 0.291. The zero-order valence-corrected chi connectivity index (χ0v) is 15.4. The van der Waals surface area contributed by atoms with E-state index >= 15 is 0 Å². The molecule has 1 heterocycles. The molecule has 1 saturated carbocycles. The normalized spacial score (nSPS) is 20.5. The summed E-state index contributed by atoms with van der Waals surface area (Å²) in [5.41, 5.74) is -3.00. The fourth-order valence-electron chi connectivity index (χ4n) is 3.37. The Bertz CT molecular complexity index is 862. The number of hydrogen-bond acceptors (Lipinski definition) is 2. The van der Waals surface area contributed by atoms with Crippen LogP contribution in [0.15, 0.2) is 30.3 Å². The summed E-state index contributed by atoms with van der Waals surface area (Å²) in [6.45, 7) is 2.13. The van der Waals surface area contributed by atoms with E-state index in [1.165, 1.54) is 24.3 Å². The molecule has 0 saturated heterocycles. The maximum Gasteiger partial charge on any atom is 0.435 e. The van der Waals surface area contributed by atoms with Crippen LogP contribution in [0.25, 0.3) is 5.69 Å². The van der Waals surface area contributed by atoms with Crippen LogP contribution in [0.2, 0.25) is 0 Å². The highest BCUT2D eigenvalue weighted by Gasteiger charge is 2.42. The Morgan fingerprint density at radius 3 is 2.10 bits per heavy atom. The van der Waals surface area contributed by atoms with E-state index in [0.29, 0.717) is 11.6 Å². The fraction of sp³-hybridized carbons (Fsp3) is 0.474. The number of nitrogens with zero attached hydrogens (tertiary/aromatic N) is 2. The van der Waals surface area contributed by atoms with Crippen molar-refractivity contribution >= 4 is 11.6 Å². The van der Waals surface area contributed by atoms with Crippen LogP contribution in [0.1, 0.15) is 44.0 Å². The van der Waals surface area contributed by atoms with Gasteiger partial charge < -0.3 is 5.32 Å². The van der Waals surface area contributed by atoms with Gasteiger partial charge in [0.2, 0.25) is 5.91 Å². The number of alkyl halides is 6. The van der Waals surface area contributed by atoms with Crippen molar-refractivity contribution in [2.75, 3.05) is 5.32 Å². The summed E-state index contributed by atoms with van der Waals surface area (Å²) in [5, 5.41) is 5.78. The Hall–Kier alpha value is -2.52. The number of nitrogens with one attached hydrogen (secondary N) is 1. The summed E-state index contributed by atoms with van der Waals surface area (Å²) in [6.07, 6.45) is -6.56. The molecule has 0 aliphatic heterocycles. The SMILES string of the molecule is CC1CCC(C(=O)Nc2ccc(-n3nc(C(F)(F)F)cc3C(F)(F)F)cc2)CC1. The van der Waals surface area contributed by atoms with Crippen molar-refractivity contribution in [2.45, 2.75) is 45.0 Å². The molecule has 1 aromatic heterocycles. The summed E-state index contributed by atoms with van der Waals surface area (Å²) in [6, 6.07) is 5.02. The lowest BCUT2D eigenvalue weighted by molar-refractivity contribution is -0.143. The molecule has 0 atom stereocenters. The van der Waals surface area contributed by atoms with Crippen molar-refractivity contribution in [1.82, 2.24) is 9.78 Å². The molecule has 1 aliphatic carbocycles. The third-order valence-corrected chi connectivity index (χ3v) is 5.06. The van der Waals surface area contributed by atoms with Crippen molar-refractivity contribution in [3.05, 3.63) is 41.7 Å². The first-order valence-corrected chi connectivity index (χ1v) is 9.11. The summed E-state index contributed by atoms with van der Waals surface area (Å²) < 4.78 is 78.0. The average Bonchev–Trinajstić information content (AvgIpc) is 3.09. The lowest BCUT2D eigenvalue weighted by Gasteiger charge is -2.25. The third kappa shape index (κ3) is 4.91.